The molecule has 0 saturated heterocycles. The molecule has 0 aliphatic heterocycles. The zero-order valence-electron chi connectivity index (χ0n) is 16.2. The van der Waals surface area contributed by atoms with Crippen LogP contribution in [0.1, 0.15) is 25.8 Å². The standard InChI is InChI=1S/C19H26N6O2/c1-5-12(2)9-21-18-17-14(22-19(20)23-18)11-25(24-17)10-13-15(26-3)7-6-8-16(13)27-4/h6-8,11-12H,5,9-10H2,1-4H3,(H3,20,21,22,23). The number of hydrogen-bond donors (Lipinski definition) is 2. The van der Waals surface area contributed by atoms with Gasteiger partial charge in [-0.05, 0) is 18.1 Å². The Labute approximate surface area is 158 Å². The normalized spacial score (nSPS) is 12.1. The molecular weight excluding hydrogens is 344 g/mol. The Bertz CT molecular complexity index is 902. The van der Waals surface area contributed by atoms with Gasteiger partial charge in [-0.25, -0.2) is 4.98 Å². The predicted molar refractivity (Wildman–Crippen MR) is 106 cm³/mol. The minimum absolute atomic E-state index is 0.226. The summed E-state index contributed by atoms with van der Waals surface area (Å²) >= 11 is 0. The molecule has 1 aromatic carbocycles. The van der Waals surface area contributed by atoms with Crippen LogP contribution in [0.4, 0.5) is 11.8 Å². The highest BCUT2D eigenvalue weighted by molar-refractivity contribution is 5.85. The summed E-state index contributed by atoms with van der Waals surface area (Å²) in [6, 6.07) is 5.69. The lowest BCUT2D eigenvalue weighted by Crippen LogP contribution is -2.12. The van der Waals surface area contributed by atoms with Crippen LogP contribution in [0.3, 0.4) is 0 Å². The van der Waals surface area contributed by atoms with Gasteiger partial charge in [0.1, 0.15) is 17.0 Å². The Morgan fingerprint density at radius 1 is 1.19 bits per heavy atom. The van der Waals surface area contributed by atoms with Crippen molar-refractivity contribution in [2.24, 2.45) is 5.92 Å². The fraction of sp³-hybridized carbons (Fsp3) is 0.421. The molecule has 27 heavy (non-hydrogen) atoms. The van der Waals surface area contributed by atoms with Crippen LogP contribution in [0.2, 0.25) is 0 Å². The van der Waals surface area contributed by atoms with Crippen molar-refractivity contribution < 1.29 is 9.47 Å². The molecule has 8 nitrogen and oxygen atoms in total. The molecule has 0 bridgehead atoms. The topological polar surface area (TPSA) is 100 Å². The molecule has 3 aromatic rings. The molecule has 0 amide bonds. The van der Waals surface area contributed by atoms with E-state index in [-0.39, 0.29) is 5.95 Å². The van der Waals surface area contributed by atoms with Gasteiger partial charge in [-0.1, -0.05) is 26.3 Å². The van der Waals surface area contributed by atoms with Crippen molar-refractivity contribution in [3.8, 4) is 11.5 Å². The number of methoxy groups -OCH3 is 2. The molecule has 0 saturated carbocycles. The summed E-state index contributed by atoms with van der Waals surface area (Å²) in [5.74, 6) is 2.90. The van der Waals surface area contributed by atoms with Crippen molar-refractivity contribution in [2.45, 2.75) is 26.8 Å². The molecular formula is C19H26N6O2. The maximum absolute atomic E-state index is 5.88. The average Bonchev–Trinajstić information content (AvgIpc) is 3.08. The zero-order valence-corrected chi connectivity index (χ0v) is 16.2. The van der Waals surface area contributed by atoms with Crippen molar-refractivity contribution >= 4 is 22.8 Å². The van der Waals surface area contributed by atoms with Gasteiger partial charge in [0, 0.05) is 6.54 Å². The third-order valence-corrected chi connectivity index (χ3v) is 4.59. The smallest absolute Gasteiger partial charge is 0.222 e. The number of nitrogens with one attached hydrogen (secondary N) is 1. The fourth-order valence-electron chi connectivity index (χ4n) is 2.84. The molecule has 0 radical (unpaired) electrons. The number of fused-ring (bicyclic) bond motifs is 1. The van der Waals surface area contributed by atoms with Gasteiger partial charge in [0.25, 0.3) is 0 Å². The second kappa shape index (κ2) is 8.11. The molecule has 3 N–H and O–H groups in total. The van der Waals surface area contributed by atoms with Gasteiger partial charge >= 0.3 is 0 Å². The van der Waals surface area contributed by atoms with Gasteiger partial charge in [-0.2, -0.15) is 10.1 Å². The van der Waals surface area contributed by atoms with E-state index >= 15 is 0 Å². The second-order valence-electron chi connectivity index (χ2n) is 6.53. The number of ether oxygens (including phenoxy) is 2. The van der Waals surface area contributed by atoms with Crippen molar-refractivity contribution in [2.75, 3.05) is 31.8 Å². The van der Waals surface area contributed by atoms with Crippen molar-refractivity contribution in [1.29, 1.82) is 0 Å². The van der Waals surface area contributed by atoms with Gasteiger partial charge in [-0.15, -0.1) is 0 Å². The monoisotopic (exact) mass is 370 g/mol. The Morgan fingerprint density at radius 2 is 1.89 bits per heavy atom. The van der Waals surface area contributed by atoms with Crippen LogP contribution in [0.5, 0.6) is 11.5 Å². The first-order valence-electron chi connectivity index (χ1n) is 9.00. The molecule has 0 fully saturated rings. The Hall–Kier alpha value is -3.03. The Balaban J connectivity index is 1.96. The van der Waals surface area contributed by atoms with Crippen molar-refractivity contribution in [3.63, 3.8) is 0 Å². The van der Waals surface area contributed by atoms with E-state index in [2.05, 4.69) is 34.2 Å². The average molecular weight is 370 g/mol. The molecule has 2 heterocycles. The summed E-state index contributed by atoms with van der Waals surface area (Å²) in [5, 5.41) is 8.01. The molecule has 3 rings (SSSR count). The summed E-state index contributed by atoms with van der Waals surface area (Å²) < 4.78 is 12.7. The lowest BCUT2D eigenvalue weighted by atomic mass is 10.1. The maximum Gasteiger partial charge on any atom is 0.222 e. The molecule has 0 aliphatic rings. The molecule has 0 spiro atoms. The van der Waals surface area contributed by atoms with Crippen LogP contribution in [0, 0.1) is 5.92 Å². The van der Waals surface area contributed by atoms with E-state index in [1.54, 1.807) is 18.9 Å². The largest absolute Gasteiger partial charge is 0.496 e. The van der Waals surface area contributed by atoms with Crippen LogP contribution >= 0.6 is 0 Å². The Kier molecular flexibility index (Phi) is 5.63. The van der Waals surface area contributed by atoms with Crippen LogP contribution in [0.25, 0.3) is 11.0 Å². The van der Waals surface area contributed by atoms with Crippen molar-refractivity contribution in [1.82, 2.24) is 19.7 Å². The molecule has 1 atom stereocenters. The lowest BCUT2D eigenvalue weighted by molar-refractivity contribution is 0.382. The molecule has 2 aromatic heterocycles. The zero-order chi connectivity index (χ0) is 19.4. The van der Waals surface area contributed by atoms with Gasteiger partial charge < -0.3 is 20.5 Å². The number of hydrogen-bond acceptors (Lipinski definition) is 7. The number of anilines is 2. The van der Waals surface area contributed by atoms with E-state index < -0.39 is 0 Å². The van der Waals surface area contributed by atoms with Gasteiger partial charge in [-0.3, -0.25) is 4.68 Å². The minimum atomic E-state index is 0.226. The quantitative estimate of drug-likeness (QED) is 0.629. The summed E-state index contributed by atoms with van der Waals surface area (Å²) in [5.41, 5.74) is 8.18. The van der Waals surface area contributed by atoms with Crippen molar-refractivity contribution in [3.05, 3.63) is 30.0 Å². The van der Waals surface area contributed by atoms with E-state index in [9.17, 15) is 0 Å². The van der Waals surface area contributed by atoms with Crippen LogP contribution in [0.15, 0.2) is 24.4 Å². The lowest BCUT2D eigenvalue weighted by Gasteiger charge is -2.13. The van der Waals surface area contributed by atoms with Gasteiger partial charge in [0.2, 0.25) is 5.95 Å². The minimum Gasteiger partial charge on any atom is -0.496 e. The number of aromatic nitrogens is 4. The first kappa shape index (κ1) is 18.8. The molecule has 8 heteroatoms. The highest BCUT2D eigenvalue weighted by Crippen LogP contribution is 2.29. The first-order chi connectivity index (χ1) is 13.0. The number of nitrogens with zero attached hydrogens (tertiary/aromatic N) is 4. The summed E-state index contributed by atoms with van der Waals surface area (Å²) in [4.78, 5) is 8.64. The van der Waals surface area contributed by atoms with Crippen LogP contribution in [-0.4, -0.2) is 40.5 Å². The highest BCUT2D eigenvalue weighted by Gasteiger charge is 2.15. The van der Waals surface area contributed by atoms with Gasteiger partial charge in [0.05, 0.1) is 32.5 Å². The van der Waals surface area contributed by atoms with Gasteiger partial charge in [0.15, 0.2) is 11.3 Å². The third-order valence-electron chi connectivity index (χ3n) is 4.59. The van der Waals surface area contributed by atoms with E-state index in [1.807, 2.05) is 24.4 Å². The first-order valence-corrected chi connectivity index (χ1v) is 9.00. The fourth-order valence-corrected chi connectivity index (χ4v) is 2.84. The van der Waals surface area contributed by atoms with E-state index in [4.69, 9.17) is 15.2 Å². The third kappa shape index (κ3) is 4.05. The summed E-state index contributed by atoms with van der Waals surface area (Å²) in [7, 11) is 3.28. The second-order valence-corrected chi connectivity index (χ2v) is 6.53. The van der Waals surface area contributed by atoms with Crippen LogP contribution < -0.4 is 20.5 Å². The number of benzene rings is 1. The van der Waals surface area contributed by atoms with E-state index in [1.165, 1.54) is 0 Å². The SMILES string of the molecule is CCC(C)CNc1nc(N)nc2cn(Cc3c(OC)cccc3OC)nc12. The summed E-state index contributed by atoms with van der Waals surface area (Å²) in [6.07, 6.45) is 2.94. The van der Waals surface area contributed by atoms with E-state index in [0.717, 1.165) is 30.0 Å². The molecule has 144 valence electrons. The highest BCUT2D eigenvalue weighted by atomic mass is 16.5. The molecule has 0 aliphatic carbocycles. The maximum atomic E-state index is 5.88. The van der Waals surface area contributed by atoms with E-state index in [0.29, 0.717) is 29.3 Å². The number of nitrogen functional groups attached to an aromatic ring is 1. The number of nitrogens with two attached hydrogens (primary N) is 1. The predicted octanol–water partition coefficient (Wildman–Crippen LogP) is 2.93. The molecule has 1 unspecified atom stereocenters. The van der Waals surface area contributed by atoms with Crippen LogP contribution in [-0.2, 0) is 6.54 Å². The number of rotatable bonds is 8. The summed E-state index contributed by atoms with van der Waals surface area (Å²) in [6.45, 7) is 5.62. The Morgan fingerprint density at radius 3 is 2.52 bits per heavy atom.